The highest BCUT2D eigenvalue weighted by molar-refractivity contribution is 9.10. The minimum Gasteiger partial charge on any atom is -0.504 e. The molecule has 2 aromatic rings. The highest BCUT2D eigenvalue weighted by atomic mass is 79.9. The summed E-state index contributed by atoms with van der Waals surface area (Å²) in [6.07, 6.45) is 1.47. The predicted molar refractivity (Wildman–Crippen MR) is 89.8 cm³/mol. The number of phenols is 1. The Morgan fingerprint density at radius 2 is 2.26 bits per heavy atom. The molecule has 0 aliphatic carbocycles. The van der Waals surface area contributed by atoms with Gasteiger partial charge in [0.15, 0.2) is 11.5 Å². The molecule has 8 heteroatoms. The molecule has 1 heterocycles. The topological polar surface area (TPSA) is 88.7 Å². The first-order chi connectivity index (χ1) is 10.9. The summed E-state index contributed by atoms with van der Waals surface area (Å²) in [7, 11) is 1.46. The number of halogens is 1. The van der Waals surface area contributed by atoms with E-state index in [-0.39, 0.29) is 18.2 Å². The molecule has 0 spiro atoms. The van der Waals surface area contributed by atoms with Crippen molar-refractivity contribution in [1.82, 2.24) is 15.2 Å². The Labute approximate surface area is 142 Å². The van der Waals surface area contributed by atoms with Crippen LogP contribution in [0.25, 0.3) is 0 Å². The van der Waals surface area contributed by atoms with Crippen LogP contribution in [0.5, 0.6) is 11.5 Å². The zero-order valence-electron chi connectivity index (χ0n) is 13.0. The lowest BCUT2D eigenvalue weighted by molar-refractivity contribution is -0.121. The van der Waals surface area contributed by atoms with E-state index in [1.165, 1.54) is 19.4 Å². The number of phenolic OH excluding ortho intramolecular Hbond substituents is 1. The number of aromatic hydroxyl groups is 1. The van der Waals surface area contributed by atoms with Crippen molar-refractivity contribution in [3.8, 4) is 11.5 Å². The predicted octanol–water partition coefficient (Wildman–Crippen LogP) is 2.13. The van der Waals surface area contributed by atoms with Crippen molar-refractivity contribution in [2.45, 2.75) is 20.4 Å². The molecule has 0 atom stereocenters. The second-order valence-corrected chi connectivity index (χ2v) is 5.66. The summed E-state index contributed by atoms with van der Waals surface area (Å²) in [5.74, 6) is 0.0988. The maximum absolute atomic E-state index is 11.9. The smallest absolute Gasteiger partial charge is 0.261 e. The van der Waals surface area contributed by atoms with E-state index in [1.807, 2.05) is 13.8 Å². The standard InChI is InChI=1S/C15H17BrN4O3/c1-9-15(16)10(2)20(19-9)8-14(22)18-17-7-11-4-5-12(21)13(6-11)23-3/h4-7,21H,8H2,1-3H3,(H,18,22)/b17-7+. The van der Waals surface area contributed by atoms with E-state index in [9.17, 15) is 9.90 Å². The Hall–Kier alpha value is -2.35. The van der Waals surface area contributed by atoms with Crippen molar-refractivity contribution in [1.29, 1.82) is 0 Å². The van der Waals surface area contributed by atoms with E-state index in [0.717, 1.165) is 15.9 Å². The lowest BCUT2D eigenvalue weighted by atomic mass is 10.2. The SMILES string of the molecule is COc1cc(/C=N/NC(=O)Cn2nc(C)c(Br)c2C)ccc1O. The Kier molecular flexibility index (Phi) is 5.38. The number of aromatic nitrogens is 2. The first kappa shape index (κ1) is 17.0. The molecule has 1 aromatic carbocycles. The molecule has 122 valence electrons. The molecule has 2 N–H and O–H groups in total. The summed E-state index contributed by atoms with van der Waals surface area (Å²) >= 11 is 3.42. The fourth-order valence-electron chi connectivity index (χ4n) is 1.95. The van der Waals surface area contributed by atoms with E-state index in [1.54, 1.807) is 16.8 Å². The van der Waals surface area contributed by atoms with Crippen molar-refractivity contribution < 1.29 is 14.6 Å². The van der Waals surface area contributed by atoms with Crippen LogP contribution in [-0.2, 0) is 11.3 Å². The summed E-state index contributed by atoms with van der Waals surface area (Å²) in [6, 6.07) is 4.77. The highest BCUT2D eigenvalue weighted by Crippen LogP contribution is 2.25. The third kappa shape index (κ3) is 4.10. The van der Waals surface area contributed by atoms with Gasteiger partial charge in [-0.05, 0) is 53.5 Å². The van der Waals surface area contributed by atoms with E-state index >= 15 is 0 Å². The number of aryl methyl sites for hydroxylation is 1. The molecule has 7 nitrogen and oxygen atoms in total. The summed E-state index contributed by atoms with van der Waals surface area (Å²) in [4.78, 5) is 11.9. The highest BCUT2D eigenvalue weighted by Gasteiger charge is 2.11. The number of hydrogen-bond donors (Lipinski definition) is 2. The van der Waals surface area contributed by atoms with Gasteiger partial charge in [0.2, 0.25) is 0 Å². The van der Waals surface area contributed by atoms with E-state index < -0.39 is 0 Å². The maximum atomic E-state index is 11.9. The van der Waals surface area contributed by atoms with Crippen LogP contribution in [0.4, 0.5) is 0 Å². The Bertz CT molecular complexity index is 755. The number of rotatable bonds is 5. The fourth-order valence-corrected chi connectivity index (χ4v) is 2.24. The summed E-state index contributed by atoms with van der Waals surface area (Å²) in [5, 5.41) is 17.7. The zero-order chi connectivity index (χ0) is 17.0. The average molecular weight is 381 g/mol. The summed E-state index contributed by atoms with van der Waals surface area (Å²) < 4.78 is 7.50. The third-order valence-corrected chi connectivity index (χ3v) is 4.34. The van der Waals surface area contributed by atoms with Gasteiger partial charge in [-0.25, -0.2) is 5.43 Å². The van der Waals surface area contributed by atoms with Crippen LogP contribution in [0.3, 0.4) is 0 Å². The number of benzene rings is 1. The Balaban J connectivity index is 1.97. The summed E-state index contributed by atoms with van der Waals surface area (Å²) in [6.45, 7) is 3.82. The third-order valence-electron chi connectivity index (χ3n) is 3.19. The van der Waals surface area contributed by atoms with Crippen LogP contribution in [0.2, 0.25) is 0 Å². The molecular formula is C15H17BrN4O3. The van der Waals surface area contributed by atoms with Gasteiger partial charge in [0.25, 0.3) is 5.91 Å². The maximum Gasteiger partial charge on any atom is 0.261 e. The second kappa shape index (κ2) is 7.28. The van der Waals surface area contributed by atoms with Crippen molar-refractivity contribution in [2.75, 3.05) is 7.11 Å². The molecule has 0 aliphatic rings. The number of carbonyl (C=O) groups excluding carboxylic acids is 1. The van der Waals surface area contributed by atoms with Gasteiger partial charge in [0.05, 0.1) is 29.2 Å². The van der Waals surface area contributed by atoms with E-state index in [0.29, 0.717) is 11.3 Å². The largest absolute Gasteiger partial charge is 0.504 e. The molecule has 2 rings (SSSR count). The number of nitrogens with zero attached hydrogens (tertiary/aromatic N) is 3. The van der Waals surface area contributed by atoms with Gasteiger partial charge >= 0.3 is 0 Å². The van der Waals surface area contributed by atoms with Crippen LogP contribution in [0, 0.1) is 13.8 Å². The van der Waals surface area contributed by atoms with E-state index in [2.05, 4.69) is 31.6 Å². The van der Waals surface area contributed by atoms with Crippen molar-refractivity contribution in [2.24, 2.45) is 5.10 Å². The van der Waals surface area contributed by atoms with Crippen LogP contribution < -0.4 is 10.2 Å². The number of methoxy groups -OCH3 is 1. The molecular weight excluding hydrogens is 364 g/mol. The van der Waals surface area contributed by atoms with Crippen molar-refractivity contribution in [3.63, 3.8) is 0 Å². The molecule has 0 aliphatic heterocycles. The Morgan fingerprint density at radius 1 is 1.52 bits per heavy atom. The number of ether oxygens (including phenoxy) is 1. The summed E-state index contributed by atoms with van der Waals surface area (Å²) in [5.41, 5.74) is 4.84. The van der Waals surface area contributed by atoms with Gasteiger partial charge < -0.3 is 9.84 Å². The van der Waals surface area contributed by atoms with Crippen molar-refractivity contribution >= 4 is 28.1 Å². The average Bonchev–Trinajstić information content (AvgIpc) is 2.76. The molecule has 1 amide bonds. The number of hydrazone groups is 1. The molecule has 0 saturated carbocycles. The van der Waals surface area contributed by atoms with Gasteiger partial charge in [-0.2, -0.15) is 10.2 Å². The molecule has 0 unspecified atom stereocenters. The lowest BCUT2D eigenvalue weighted by Crippen LogP contribution is -2.24. The van der Waals surface area contributed by atoms with Gasteiger partial charge in [-0.15, -0.1) is 0 Å². The quantitative estimate of drug-likeness (QED) is 0.614. The molecule has 0 bridgehead atoms. The molecule has 23 heavy (non-hydrogen) atoms. The molecule has 1 aromatic heterocycles. The first-order valence-electron chi connectivity index (χ1n) is 6.80. The zero-order valence-corrected chi connectivity index (χ0v) is 14.6. The van der Waals surface area contributed by atoms with Crippen LogP contribution in [-0.4, -0.2) is 34.1 Å². The minimum absolute atomic E-state index is 0.0452. The van der Waals surface area contributed by atoms with Gasteiger partial charge in [-0.1, -0.05) is 0 Å². The molecule has 0 fully saturated rings. The number of hydrogen-bond acceptors (Lipinski definition) is 5. The van der Waals surface area contributed by atoms with Crippen molar-refractivity contribution in [3.05, 3.63) is 39.6 Å². The van der Waals surface area contributed by atoms with Gasteiger partial charge in [-0.3, -0.25) is 9.48 Å². The molecule has 0 saturated heterocycles. The number of nitrogens with one attached hydrogen (secondary N) is 1. The lowest BCUT2D eigenvalue weighted by Gasteiger charge is -2.04. The van der Waals surface area contributed by atoms with Gasteiger partial charge in [0, 0.05) is 0 Å². The number of amides is 1. The fraction of sp³-hybridized carbons (Fsp3) is 0.267. The van der Waals surface area contributed by atoms with Crippen LogP contribution in [0.1, 0.15) is 17.0 Å². The number of carbonyl (C=O) groups is 1. The van der Waals surface area contributed by atoms with E-state index in [4.69, 9.17) is 4.74 Å². The Morgan fingerprint density at radius 3 is 2.87 bits per heavy atom. The molecule has 0 radical (unpaired) electrons. The normalized spacial score (nSPS) is 11.0. The second-order valence-electron chi connectivity index (χ2n) is 4.87. The first-order valence-corrected chi connectivity index (χ1v) is 7.60. The minimum atomic E-state index is -0.287. The van der Waals surface area contributed by atoms with Crippen LogP contribution in [0.15, 0.2) is 27.8 Å². The van der Waals surface area contributed by atoms with Crippen LogP contribution >= 0.6 is 15.9 Å². The van der Waals surface area contributed by atoms with Gasteiger partial charge in [0.1, 0.15) is 6.54 Å². The monoisotopic (exact) mass is 380 g/mol.